The molecule has 1 aromatic rings. The minimum absolute atomic E-state index is 0.0569. The third-order valence-corrected chi connectivity index (χ3v) is 4.11. The van der Waals surface area contributed by atoms with Gasteiger partial charge in [-0.1, -0.05) is 31.5 Å². The van der Waals surface area contributed by atoms with Gasteiger partial charge in [0.25, 0.3) is 0 Å². The molecule has 19 heavy (non-hydrogen) atoms. The van der Waals surface area contributed by atoms with Gasteiger partial charge < -0.3 is 4.90 Å². The van der Waals surface area contributed by atoms with Gasteiger partial charge in [-0.05, 0) is 31.4 Å². The van der Waals surface area contributed by atoms with Crippen molar-refractivity contribution in [3.05, 3.63) is 29.8 Å². The summed E-state index contributed by atoms with van der Waals surface area (Å²) in [5.74, 6) is 0.0450. The predicted octanol–water partition coefficient (Wildman–Crippen LogP) is 3.25. The second kappa shape index (κ2) is 5.05. The van der Waals surface area contributed by atoms with Crippen molar-refractivity contribution < 1.29 is 4.79 Å². The van der Waals surface area contributed by atoms with Crippen molar-refractivity contribution >= 4 is 11.6 Å². The van der Waals surface area contributed by atoms with Crippen LogP contribution in [-0.4, -0.2) is 13.0 Å². The van der Waals surface area contributed by atoms with E-state index in [1.807, 2.05) is 38.2 Å². The van der Waals surface area contributed by atoms with E-state index in [1.165, 1.54) is 0 Å². The number of likely N-dealkylation sites (N-methyl/N-ethyl adjacent to an activating group) is 1. The van der Waals surface area contributed by atoms with Crippen LogP contribution in [0.25, 0.3) is 0 Å². The van der Waals surface area contributed by atoms with E-state index in [2.05, 4.69) is 13.0 Å². The minimum Gasteiger partial charge on any atom is -0.314 e. The van der Waals surface area contributed by atoms with Crippen molar-refractivity contribution in [3.63, 3.8) is 0 Å². The van der Waals surface area contributed by atoms with Crippen molar-refractivity contribution in [2.45, 2.75) is 38.5 Å². The number of fused-ring (bicyclic) bond motifs is 1. The first-order valence-electron chi connectivity index (χ1n) is 6.82. The standard InChI is InChI=1S/C16H20N2O/c1-4-7-12(11-17)10-16(2)13-8-5-6-9-14(13)18(3)15(16)19/h5-6,8-9,12H,4,7,10H2,1-3H3/t12?,16-/m0/s1. The molecule has 1 aromatic carbocycles. The Morgan fingerprint density at radius 3 is 2.74 bits per heavy atom. The summed E-state index contributed by atoms with van der Waals surface area (Å²) in [4.78, 5) is 14.3. The molecule has 0 aliphatic carbocycles. The Bertz CT molecular complexity index is 532. The van der Waals surface area contributed by atoms with E-state index in [9.17, 15) is 10.1 Å². The zero-order valence-corrected chi connectivity index (χ0v) is 11.8. The van der Waals surface area contributed by atoms with Crippen molar-refractivity contribution in [1.29, 1.82) is 5.26 Å². The molecular formula is C16H20N2O. The van der Waals surface area contributed by atoms with Crippen molar-refractivity contribution in [3.8, 4) is 6.07 Å². The van der Waals surface area contributed by atoms with Gasteiger partial charge in [0.05, 0.1) is 11.5 Å². The minimum atomic E-state index is -0.555. The summed E-state index contributed by atoms with van der Waals surface area (Å²) in [6.07, 6.45) is 2.43. The van der Waals surface area contributed by atoms with Crippen LogP contribution in [0.2, 0.25) is 0 Å². The quantitative estimate of drug-likeness (QED) is 0.830. The Morgan fingerprint density at radius 2 is 2.11 bits per heavy atom. The number of carbonyl (C=O) groups excluding carboxylic acids is 1. The van der Waals surface area contributed by atoms with E-state index in [0.29, 0.717) is 6.42 Å². The average molecular weight is 256 g/mol. The molecule has 1 aliphatic heterocycles. The first kappa shape index (κ1) is 13.6. The first-order valence-corrected chi connectivity index (χ1v) is 6.82. The van der Waals surface area contributed by atoms with Crippen LogP contribution in [-0.2, 0) is 10.2 Å². The molecule has 2 rings (SSSR count). The van der Waals surface area contributed by atoms with Crippen LogP contribution in [0.5, 0.6) is 0 Å². The van der Waals surface area contributed by atoms with E-state index in [4.69, 9.17) is 0 Å². The maximum Gasteiger partial charge on any atom is 0.237 e. The maximum absolute atomic E-state index is 12.6. The van der Waals surface area contributed by atoms with Crippen molar-refractivity contribution in [2.75, 3.05) is 11.9 Å². The summed E-state index contributed by atoms with van der Waals surface area (Å²) in [5.41, 5.74) is 1.48. The summed E-state index contributed by atoms with van der Waals surface area (Å²) in [7, 11) is 1.81. The fourth-order valence-electron chi connectivity index (χ4n) is 3.08. The molecule has 0 spiro atoms. The van der Waals surface area contributed by atoms with Crippen LogP contribution in [0.4, 0.5) is 5.69 Å². The largest absolute Gasteiger partial charge is 0.314 e. The Labute approximate surface area is 114 Å². The zero-order chi connectivity index (χ0) is 14.0. The van der Waals surface area contributed by atoms with Crippen LogP contribution in [0.1, 0.15) is 38.7 Å². The lowest BCUT2D eigenvalue weighted by Crippen LogP contribution is -2.37. The van der Waals surface area contributed by atoms with Crippen LogP contribution in [0.15, 0.2) is 24.3 Å². The molecule has 0 radical (unpaired) electrons. The van der Waals surface area contributed by atoms with Crippen LogP contribution >= 0.6 is 0 Å². The highest BCUT2D eigenvalue weighted by Gasteiger charge is 2.46. The van der Waals surface area contributed by atoms with E-state index in [0.717, 1.165) is 24.1 Å². The third-order valence-electron chi connectivity index (χ3n) is 4.11. The number of amides is 1. The van der Waals surface area contributed by atoms with Gasteiger partial charge in [0, 0.05) is 18.7 Å². The van der Waals surface area contributed by atoms with Gasteiger partial charge >= 0.3 is 0 Å². The van der Waals surface area contributed by atoms with Gasteiger partial charge in [0.1, 0.15) is 0 Å². The van der Waals surface area contributed by atoms with Gasteiger partial charge in [0.15, 0.2) is 0 Å². The number of para-hydroxylation sites is 1. The third kappa shape index (κ3) is 2.12. The molecule has 1 heterocycles. The number of nitrogens with zero attached hydrogens (tertiary/aromatic N) is 2. The van der Waals surface area contributed by atoms with Gasteiger partial charge in [-0.2, -0.15) is 5.26 Å². The Hall–Kier alpha value is -1.82. The SMILES string of the molecule is CCCC(C#N)C[C@]1(C)C(=O)N(C)c2ccccc21. The summed E-state index contributed by atoms with van der Waals surface area (Å²) in [5, 5.41) is 9.26. The normalized spacial score (nSPS) is 23.1. The molecule has 0 saturated carbocycles. The fraction of sp³-hybridized carbons (Fsp3) is 0.500. The zero-order valence-electron chi connectivity index (χ0n) is 11.8. The smallest absolute Gasteiger partial charge is 0.237 e. The molecule has 3 heteroatoms. The Kier molecular flexibility index (Phi) is 3.61. The molecule has 100 valence electrons. The molecule has 2 atom stereocenters. The highest BCUT2D eigenvalue weighted by Crippen LogP contribution is 2.44. The molecule has 0 saturated heterocycles. The highest BCUT2D eigenvalue weighted by atomic mass is 16.2. The molecule has 0 bridgehead atoms. The molecule has 0 fully saturated rings. The topological polar surface area (TPSA) is 44.1 Å². The molecule has 1 aliphatic rings. The summed E-state index contributed by atoms with van der Waals surface area (Å²) < 4.78 is 0. The molecule has 1 unspecified atom stereocenters. The summed E-state index contributed by atoms with van der Waals surface area (Å²) in [6.45, 7) is 4.04. The van der Waals surface area contributed by atoms with E-state index in [-0.39, 0.29) is 11.8 Å². The van der Waals surface area contributed by atoms with Crippen LogP contribution < -0.4 is 4.90 Å². The highest BCUT2D eigenvalue weighted by molar-refractivity contribution is 6.07. The number of anilines is 1. The van der Waals surface area contributed by atoms with Gasteiger partial charge in [-0.15, -0.1) is 0 Å². The Balaban J connectivity index is 2.38. The Morgan fingerprint density at radius 1 is 1.42 bits per heavy atom. The molecule has 1 amide bonds. The van der Waals surface area contributed by atoms with E-state index in [1.54, 1.807) is 4.90 Å². The second-order valence-electron chi connectivity index (χ2n) is 5.53. The lowest BCUT2D eigenvalue weighted by molar-refractivity contribution is -0.122. The number of hydrogen-bond donors (Lipinski definition) is 0. The molecule has 0 aromatic heterocycles. The number of rotatable bonds is 4. The number of benzene rings is 1. The van der Waals surface area contributed by atoms with Gasteiger partial charge in [0.2, 0.25) is 5.91 Å². The second-order valence-corrected chi connectivity index (χ2v) is 5.53. The van der Waals surface area contributed by atoms with E-state index < -0.39 is 5.41 Å². The number of hydrogen-bond acceptors (Lipinski definition) is 2. The number of carbonyl (C=O) groups is 1. The monoisotopic (exact) mass is 256 g/mol. The lowest BCUT2D eigenvalue weighted by atomic mass is 9.75. The predicted molar refractivity (Wildman–Crippen MR) is 75.8 cm³/mol. The summed E-state index contributed by atoms with van der Waals surface area (Å²) in [6, 6.07) is 10.2. The molecular weight excluding hydrogens is 236 g/mol. The first-order chi connectivity index (χ1) is 9.04. The maximum atomic E-state index is 12.6. The van der Waals surface area contributed by atoms with Gasteiger partial charge in [-0.3, -0.25) is 4.79 Å². The lowest BCUT2D eigenvalue weighted by Gasteiger charge is -2.25. The van der Waals surface area contributed by atoms with Crippen molar-refractivity contribution in [1.82, 2.24) is 0 Å². The molecule has 3 nitrogen and oxygen atoms in total. The fourth-order valence-corrected chi connectivity index (χ4v) is 3.08. The summed E-state index contributed by atoms with van der Waals surface area (Å²) >= 11 is 0. The van der Waals surface area contributed by atoms with Crippen molar-refractivity contribution in [2.24, 2.45) is 5.92 Å². The molecule has 0 N–H and O–H groups in total. The van der Waals surface area contributed by atoms with Crippen LogP contribution in [0.3, 0.4) is 0 Å². The van der Waals surface area contributed by atoms with E-state index >= 15 is 0 Å². The van der Waals surface area contributed by atoms with Gasteiger partial charge in [-0.25, -0.2) is 0 Å². The average Bonchev–Trinajstić information content (AvgIpc) is 2.62. The number of nitriles is 1. The van der Waals surface area contributed by atoms with Crippen LogP contribution in [0, 0.1) is 17.2 Å².